The van der Waals surface area contributed by atoms with Crippen LogP contribution in [0.1, 0.15) is 20.3 Å². The topological polar surface area (TPSA) is 73.9 Å². The predicted octanol–water partition coefficient (Wildman–Crippen LogP) is 2.25. The van der Waals surface area contributed by atoms with Gasteiger partial charge < -0.3 is 19.5 Å². The fraction of sp³-hybridized carbons (Fsp3) is 0.529. The number of fused-ring (bicyclic) bond motifs is 1. The largest absolute Gasteiger partial charge is 0.486 e. The van der Waals surface area contributed by atoms with E-state index in [0.717, 1.165) is 17.1 Å². The van der Waals surface area contributed by atoms with Gasteiger partial charge in [-0.05, 0) is 24.1 Å². The van der Waals surface area contributed by atoms with Gasteiger partial charge in [-0.1, -0.05) is 20.3 Å². The van der Waals surface area contributed by atoms with E-state index >= 15 is 0 Å². The van der Waals surface area contributed by atoms with Gasteiger partial charge in [0.25, 0.3) is 0 Å². The number of hydrogen-bond acceptors (Lipinski definition) is 6. The van der Waals surface area contributed by atoms with Crippen LogP contribution in [-0.4, -0.2) is 44.0 Å². The van der Waals surface area contributed by atoms with Gasteiger partial charge in [0, 0.05) is 4.90 Å². The molecule has 24 heavy (non-hydrogen) atoms. The van der Waals surface area contributed by atoms with Crippen LogP contribution in [0.4, 0.5) is 0 Å². The smallest absolute Gasteiger partial charge is 0.328 e. The molecule has 132 valence electrons. The standard InChI is InChI=1S/C17H23NO5S/c1-4-11(2)16(17(20)21-3)18-15(19)10-24-12-5-6-13-14(9-12)23-8-7-22-13/h5-6,9,11,16H,4,7-8,10H2,1-3H3,(H,18,19)/t11-,16-/m1/s1. The number of rotatable bonds is 7. The maximum absolute atomic E-state index is 12.2. The van der Waals surface area contributed by atoms with Crippen molar-refractivity contribution in [1.29, 1.82) is 0 Å². The molecule has 0 radical (unpaired) electrons. The third-order valence-corrected chi connectivity index (χ3v) is 4.86. The highest BCUT2D eigenvalue weighted by atomic mass is 32.2. The zero-order chi connectivity index (χ0) is 17.5. The molecule has 1 aromatic carbocycles. The first-order chi connectivity index (χ1) is 11.5. The summed E-state index contributed by atoms with van der Waals surface area (Å²) in [4.78, 5) is 24.9. The summed E-state index contributed by atoms with van der Waals surface area (Å²) in [6.07, 6.45) is 0.773. The van der Waals surface area contributed by atoms with Crippen LogP contribution in [0.5, 0.6) is 11.5 Å². The van der Waals surface area contributed by atoms with E-state index in [2.05, 4.69) is 5.32 Å². The van der Waals surface area contributed by atoms with Gasteiger partial charge in [0.15, 0.2) is 11.5 Å². The van der Waals surface area contributed by atoms with Gasteiger partial charge in [-0.3, -0.25) is 4.79 Å². The van der Waals surface area contributed by atoms with Gasteiger partial charge in [0.1, 0.15) is 19.3 Å². The fourth-order valence-electron chi connectivity index (χ4n) is 2.27. The van der Waals surface area contributed by atoms with Crippen LogP contribution in [0.15, 0.2) is 23.1 Å². The van der Waals surface area contributed by atoms with Crippen molar-refractivity contribution in [2.75, 3.05) is 26.1 Å². The molecule has 1 aliphatic heterocycles. The third-order valence-electron chi connectivity index (χ3n) is 3.87. The van der Waals surface area contributed by atoms with E-state index in [0.29, 0.717) is 19.0 Å². The number of hydrogen-bond donors (Lipinski definition) is 1. The van der Waals surface area contributed by atoms with E-state index in [1.807, 2.05) is 32.0 Å². The van der Waals surface area contributed by atoms with Crippen molar-refractivity contribution in [1.82, 2.24) is 5.32 Å². The Hall–Kier alpha value is -1.89. The number of thioether (sulfide) groups is 1. The molecule has 1 heterocycles. The summed E-state index contributed by atoms with van der Waals surface area (Å²) in [5.74, 6) is 1.02. The zero-order valence-electron chi connectivity index (χ0n) is 14.2. The monoisotopic (exact) mass is 353 g/mol. The van der Waals surface area contributed by atoms with Crippen molar-refractivity contribution in [2.24, 2.45) is 5.92 Å². The van der Waals surface area contributed by atoms with Gasteiger partial charge in [-0.15, -0.1) is 11.8 Å². The van der Waals surface area contributed by atoms with Gasteiger partial charge in [-0.25, -0.2) is 4.79 Å². The van der Waals surface area contributed by atoms with Crippen LogP contribution in [0.25, 0.3) is 0 Å². The third kappa shape index (κ3) is 4.80. The molecule has 7 heteroatoms. The van der Waals surface area contributed by atoms with E-state index in [1.165, 1.54) is 18.9 Å². The lowest BCUT2D eigenvalue weighted by Crippen LogP contribution is -2.46. The van der Waals surface area contributed by atoms with Crippen LogP contribution in [0, 0.1) is 5.92 Å². The van der Waals surface area contributed by atoms with Crippen LogP contribution in [-0.2, 0) is 14.3 Å². The lowest BCUT2D eigenvalue weighted by molar-refractivity contribution is -0.146. The fourth-order valence-corrected chi connectivity index (χ4v) is 3.01. The van der Waals surface area contributed by atoms with Crippen molar-refractivity contribution < 1.29 is 23.8 Å². The highest BCUT2D eigenvalue weighted by Gasteiger charge is 2.26. The Bertz CT molecular complexity index is 592. The van der Waals surface area contributed by atoms with Gasteiger partial charge in [0.05, 0.1) is 12.9 Å². The molecule has 1 N–H and O–H groups in total. The summed E-state index contributed by atoms with van der Waals surface area (Å²) in [5.41, 5.74) is 0. The number of nitrogens with one attached hydrogen (secondary N) is 1. The number of carbonyl (C=O) groups is 2. The number of methoxy groups -OCH3 is 1. The average Bonchev–Trinajstić information content (AvgIpc) is 2.62. The number of amides is 1. The van der Waals surface area contributed by atoms with Crippen molar-refractivity contribution in [2.45, 2.75) is 31.2 Å². The molecule has 0 saturated heterocycles. The van der Waals surface area contributed by atoms with E-state index in [4.69, 9.17) is 14.2 Å². The number of benzene rings is 1. The van der Waals surface area contributed by atoms with Gasteiger partial charge in [0.2, 0.25) is 5.91 Å². The summed E-state index contributed by atoms with van der Waals surface area (Å²) >= 11 is 1.38. The van der Waals surface area contributed by atoms with Gasteiger partial charge >= 0.3 is 5.97 Å². The van der Waals surface area contributed by atoms with Crippen LogP contribution in [0.3, 0.4) is 0 Å². The lowest BCUT2D eigenvalue weighted by Gasteiger charge is -2.22. The van der Waals surface area contributed by atoms with Crippen molar-refractivity contribution in [3.63, 3.8) is 0 Å². The highest BCUT2D eigenvalue weighted by molar-refractivity contribution is 8.00. The molecule has 0 unspecified atom stereocenters. The number of carbonyl (C=O) groups excluding carboxylic acids is 2. The molecule has 0 saturated carbocycles. The average molecular weight is 353 g/mol. The van der Waals surface area contributed by atoms with Crippen LogP contribution in [0.2, 0.25) is 0 Å². The van der Waals surface area contributed by atoms with Crippen molar-refractivity contribution >= 4 is 23.6 Å². The maximum atomic E-state index is 12.2. The quantitative estimate of drug-likeness (QED) is 0.599. The summed E-state index contributed by atoms with van der Waals surface area (Å²) < 4.78 is 15.8. The van der Waals surface area contributed by atoms with Crippen molar-refractivity contribution in [3.8, 4) is 11.5 Å². The molecule has 0 bridgehead atoms. The first-order valence-corrected chi connectivity index (χ1v) is 8.93. The molecule has 0 aromatic heterocycles. The second kappa shape index (κ2) is 8.82. The minimum absolute atomic E-state index is 0.0145. The van der Waals surface area contributed by atoms with E-state index in [-0.39, 0.29) is 17.6 Å². The maximum Gasteiger partial charge on any atom is 0.328 e. The Labute approximate surface area is 146 Å². The van der Waals surface area contributed by atoms with E-state index in [9.17, 15) is 9.59 Å². The summed E-state index contributed by atoms with van der Waals surface area (Å²) in [7, 11) is 1.33. The molecule has 0 spiro atoms. The SMILES string of the molecule is CC[C@@H](C)[C@@H](NC(=O)CSc1ccc2c(c1)OCCO2)C(=O)OC. The van der Waals surface area contributed by atoms with Crippen molar-refractivity contribution in [3.05, 3.63) is 18.2 Å². The number of esters is 1. The second-order valence-electron chi connectivity index (χ2n) is 5.55. The van der Waals surface area contributed by atoms with Crippen LogP contribution < -0.4 is 14.8 Å². The lowest BCUT2D eigenvalue weighted by atomic mass is 9.99. The molecule has 1 aromatic rings. The Balaban J connectivity index is 1.91. The minimum Gasteiger partial charge on any atom is -0.486 e. The molecule has 2 atom stereocenters. The Morgan fingerprint density at radius 1 is 1.29 bits per heavy atom. The molecular weight excluding hydrogens is 330 g/mol. The minimum atomic E-state index is -0.617. The molecule has 1 aliphatic rings. The zero-order valence-corrected chi connectivity index (χ0v) is 15.0. The predicted molar refractivity (Wildman–Crippen MR) is 91.6 cm³/mol. The Kier molecular flexibility index (Phi) is 6.78. The molecule has 1 amide bonds. The first-order valence-electron chi connectivity index (χ1n) is 7.94. The molecule has 6 nitrogen and oxygen atoms in total. The van der Waals surface area contributed by atoms with Gasteiger partial charge in [-0.2, -0.15) is 0 Å². The Morgan fingerprint density at radius 2 is 2.00 bits per heavy atom. The first kappa shape index (κ1) is 18.4. The van der Waals surface area contributed by atoms with E-state index < -0.39 is 12.0 Å². The van der Waals surface area contributed by atoms with Crippen LogP contribution >= 0.6 is 11.8 Å². The summed E-state index contributed by atoms with van der Waals surface area (Å²) in [6.45, 7) is 4.95. The molecule has 0 aliphatic carbocycles. The van der Waals surface area contributed by atoms with E-state index in [1.54, 1.807) is 0 Å². The summed E-state index contributed by atoms with van der Waals surface area (Å²) in [6, 6.07) is 4.97. The molecule has 0 fully saturated rings. The summed E-state index contributed by atoms with van der Waals surface area (Å²) in [5, 5.41) is 2.76. The highest BCUT2D eigenvalue weighted by Crippen LogP contribution is 2.34. The second-order valence-corrected chi connectivity index (χ2v) is 6.60. The molecular formula is C17H23NO5S. The normalized spacial score (nSPS) is 15.3. The molecule has 2 rings (SSSR count). The Morgan fingerprint density at radius 3 is 2.67 bits per heavy atom. The number of ether oxygens (including phenoxy) is 3.